The number of fused-ring (bicyclic) bond motifs is 2. The predicted octanol–water partition coefficient (Wildman–Crippen LogP) is 2.55. The van der Waals surface area contributed by atoms with Gasteiger partial charge in [0.1, 0.15) is 11.4 Å². The first-order valence-corrected chi connectivity index (χ1v) is 13.1. The molecular weight excluding hydrogens is 478 g/mol. The van der Waals surface area contributed by atoms with Gasteiger partial charge in [-0.25, -0.2) is 4.98 Å². The molecule has 0 radical (unpaired) electrons. The summed E-state index contributed by atoms with van der Waals surface area (Å²) in [6.45, 7) is 3.02. The van der Waals surface area contributed by atoms with Crippen molar-refractivity contribution in [3.63, 3.8) is 0 Å². The van der Waals surface area contributed by atoms with Crippen molar-refractivity contribution in [2.75, 3.05) is 47.1 Å². The Morgan fingerprint density at radius 1 is 1.23 bits per heavy atom. The van der Waals surface area contributed by atoms with Crippen molar-refractivity contribution in [1.82, 2.24) is 9.97 Å². The molecule has 1 saturated carbocycles. The molecule has 0 amide bonds. The van der Waals surface area contributed by atoms with Gasteiger partial charge in [-0.05, 0) is 54.7 Å². The molecule has 3 aliphatic heterocycles. The highest BCUT2D eigenvalue weighted by molar-refractivity contribution is 9.10. The molecule has 1 aliphatic carbocycles. The monoisotopic (exact) mass is 503 g/mol. The largest absolute Gasteiger partial charge is 0.611 e. The van der Waals surface area contributed by atoms with Gasteiger partial charge in [0, 0.05) is 42.1 Å². The van der Waals surface area contributed by atoms with Crippen LogP contribution in [0.5, 0.6) is 0 Å². The van der Waals surface area contributed by atoms with E-state index in [2.05, 4.69) is 55.3 Å². The van der Waals surface area contributed by atoms with Gasteiger partial charge in [0.15, 0.2) is 5.82 Å². The molecule has 7 nitrogen and oxygen atoms in total. The smallest absolute Gasteiger partial charge is 0.227 e. The second-order valence-electron chi connectivity index (χ2n) is 9.20. The van der Waals surface area contributed by atoms with E-state index in [0.29, 0.717) is 23.5 Å². The third-order valence-electron chi connectivity index (χ3n) is 7.21. The summed E-state index contributed by atoms with van der Waals surface area (Å²) in [4.78, 5) is 15.2. The Bertz CT molecular complexity index is 1000. The number of benzene rings is 1. The van der Waals surface area contributed by atoms with Crippen LogP contribution < -0.4 is 15.1 Å². The Morgan fingerprint density at radius 3 is 2.77 bits per heavy atom. The number of aliphatic hydroxyl groups is 1. The molecule has 2 saturated heterocycles. The molecule has 4 heterocycles. The standard InChI is InChI=1S/C22H26BrN5O2S/c23-15-1-3-16(4-2-15)28-11-14-5-9-27(12-18(14)28)21-24-17-6-10-31(30)19(17)20(25-21)26-22(13-29)7-8-22/h1-4,14,18,29H,5-13H2,(H,24,25,26). The summed E-state index contributed by atoms with van der Waals surface area (Å²) in [5, 5.41) is 13.2. The first-order valence-electron chi connectivity index (χ1n) is 11.0. The lowest BCUT2D eigenvalue weighted by Gasteiger charge is -2.54. The predicted molar refractivity (Wildman–Crippen MR) is 125 cm³/mol. The third-order valence-corrected chi connectivity index (χ3v) is 9.20. The van der Waals surface area contributed by atoms with Crippen molar-refractivity contribution in [2.45, 2.75) is 42.2 Å². The van der Waals surface area contributed by atoms with E-state index in [1.54, 1.807) is 0 Å². The summed E-state index contributed by atoms with van der Waals surface area (Å²) in [5.74, 6) is 2.72. The van der Waals surface area contributed by atoms with E-state index in [1.807, 2.05) is 0 Å². The van der Waals surface area contributed by atoms with Crippen LogP contribution in [0.25, 0.3) is 0 Å². The number of hydrogen-bond donors (Lipinski definition) is 2. The summed E-state index contributed by atoms with van der Waals surface area (Å²) in [7, 11) is 0. The highest BCUT2D eigenvalue weighted by atomic mass is 79.9. The van der Waals surface area contributed by atoms with Gasteiger partial charge in [-0.1, -0.05) is 15.9 Å². The summed E-state index contributed by atoms with van der Waals surface area (Å²) in [6.07, 6.45) is 3.69. The quantitative estimate of drug-likeness (QED) is 0.606. The molecule has 4 aliphatic rings. The average molecular weight is 504 g/mol. The number of aliphatic hydroxyl groups excluding tert-OH is 1. The lowest BCUT2D eigenvalue weighted by Crippen LogP contribution is -2.64. The first kappa shape index (κ1) is 20.1. The van der Waals surface area contributed by atoms with Gasteiger partial charge in [-0.15, -0.1) is 0 Å². The van der Waals surface area contributed by atoms with Crippen LogP contribution in [0.3, 0.4) is 0 Å². The van der Waals surface area contributed by atoms with Crippen LogP contribution in [0.15, 0.2) is 33.6 Å². The number of piperidine rings is 1. The summed E-state index contributed by atoms with van der Waals surface area (Å²) in [5.41, 5.74) is 1.86. The number of halogens is 1. The molecule has 3 atom stereocenters. The summed E-state index contributed by atoms with van der Waals surface area (Å²) < 4.78 is 13.7. The number of hydrogen-bond acceptors (Lipinski definition) is 7. The van der Waals surface area contributed by atoms with E-state index >= 15 is 0 Å². The molecular formula is C22H26BrN5O2S. The fourth-order valence-corrected chi connectivity index (χ4v) is 6.61. The lowest BCUT2D eigenvalue weighted by atomic mass is 9.82. The Kier molecular flexibility index (Phi) is 4.86. The van der Waals surface area contributed by atoms with Crippen LogP contribution in [0.1, 0.15) is 25.0 Å². The van der Waals surface area contributed by atoms with Crippen LogP contribution >= 0.6 is 15.9 Å². The van der Waals surface area contributed by atoms with Crippen molar-refractivity contribution < 1.29 is 9.66 Å². The molecule has 0 bridgehead atoms. The van der Waals surface area contributed by atoms with Gasteiger partial charge < -0.3 is 24.8 Å². The lowest BCUT2D eigenvalue weighted by molar-refractivity contribution is 0.247. The zero-order valence-electron chi connectivity index (χ0n) is 17.3. The third kappa shape index (κ3) is 3.50. The average Bonchev–Trinajstić information content (AvgIpc) is 3.44. The second-order valence-corrected chi connectivity index (χ2v) is 11.6. The maximum atomic E-state index is 12.6. The Balaban J connectivity index is 1.27. The van der Waals surface area contributed by atoms with Crippen molar-refractivity contribution in [3.8, 4) is 0 Å². The summed E-state index contributed by atoms with van der Waals surface area (Å²) in [6, 6.07) is 9.00. The van der Waals surface area contributed by atoms with Crippen LogP contribution in [-0.2, 0) is 17.6 Å². The van der Waals surface area contributed by atoms with Crippen molar-refractivity contribution in [1.29, 1.82) is 0 Å². The van der Waals surface area contributed by atoms with Gasteiger partial charge in [0.05, 0.1) is 18.2 Å². The number of aryl methyl sites for hydroxylation is 1. The van der Waals surface area contributed by atoms with Crippen LogP contribution in [0.2, 0.25) is 0 Å². The zero-order chi connectivity index (χ0) is 21.2. The Hall–Kier alpha value is -1.55. The normalized spacial score (nSPS) is 28.0. The van der Waals surface area contributed by atoms with Gasteiger partial charge >= 0.3 is 0 Å². The SMILES string of the molecule is [O-][S+]1CCc2nc(N3CCC4CN(c5ccc(Br)cc5)C4C3)nc(NC3(CO)CC3)c21. The molecule has 6 rings (SSSR count). The maximum Gasteiger partial charge on any atom is 0.227 e. The fraction of sp³-hybridized carbons (Fsp3) is 0.545. The number of nitrogens with zero attached hydrogens (tertiary/aromatic N) is 4. The van der Waals surface area contributed by atoms with E-state index in [4.69, 9.17) is 9.97 Å². The molecule has 31 heavy (non-hydrogen) atoms. The van der Waals surface area contributed by atoms with E-state index in [1.165, 1.54) is 5.69 Å². The summed E-state index contributed by atoms with van der Waals surface area (Å²) >= 11 is 2.46. The molecule has 2 aromatic rings. The number of rotatable bonds is 5. The van der Waals surface area contributed by atoms with Gasteiger partial charge in [-0.2, -0.15) is 4.98 Å². The molecule has 9 heteroatoms. The van der Waals surface area contributed by atoms with Crippen LogP contribution in [0.4, 0.5) is 17.5 Å². The zero-order valence-corrected chi connectivity index (χ0v) is 19.7. The van der Waals surface area contributed by atoms with Crippen LogP contribution in [0, 0.1) is 5.92 Å². The highest BCUT2D eigenvalue weighted by Gasteiger charge is 2.46. The number of anilines is 3. The molecule has 2 N–H and O–H groups in total. The number of nitrogens with one attached hydrogen (secondary N) is 1. The molecule has 0 spiro atoms. The number of aromatic nitrogens is 2. The molecule has 1 aromatic carbocycles. The van der Waals surface area contributed by atoms with E-state index in [9.17, 15) is 9.66 Å². The molecule has 3 fully saturated rings. The van der Waals surface area contributed by atoms with E-state index in [-0.39, 0.29) is 12.1 Å². The Morgan fingerprint density at radius 2 is 2.03 bits per heavy atom. The van der Waals surface area contributed by atoms with Gasteiger partial charge in [0.2, 0.25) is 10.8 Å². The van der Waals surface area contributed by atoms with Gasteiger partial charge in [-0.3, -0.25) is 0 Å². The molecule has 3 unspecified atom stereocenters. The highest BCUT2D eigenvalue weighted by Crippen LogP contribution is 2.42. The van der Waals surface area contributed by atoms with Crippen molar-refractivity contribution >= 4 is 44.6 Å². The van der Waals surface area contributed by atoms with E-state index < -0.39 is 11.2 Å². The maximum absolute atomic E-state index is 12.6. The fourth-order valence-electron chi connectivity index (χ4n) is 5.04. The van der Waals surface area contributed by atoms with E-state index in [0.717, 1.165) is 66.3 Å². The molecule has 1 aromatic heterocycles. The Labute approximate surface area is 193 Å². The minimum absolute atomic E-state index is 0.0728. The first-order chi connectivity index (χ1) is 15.0. The second kappa shape index (κ2) is 7.50. The topological polar surface area (TPSA) is 87.6 Å². The van der Waals surface area contributed by atoms with Gasteiger partial charge in [0.25, 0.3) is 0 Å². The molecule has 164 valence electrons. The van der Waals surface area contributed by atoms with Crippen molar-refractivity contribution in [3.05, 3.63) is 34.4 Å². The van der Waals surface area contributed by atoms with Crippen LogP contribution in [-0.4, -0.2) is 63.2 Å². The van der Waals surface area contributed by atoms with Crippen molar-refractivity contribution in [2.24, 2.45) is 5.92 Å². The minimum atomic E-state index is -1.07. The minimum Gasteiger partial charge on any atom is -0.611 e.